The molecule has 2 rings (SSSR count). The highest BCUT2D eigenvalue weighted by Gasteiger charge is 2.08. The molecule has 0 atom stereocenters. The Bertz CT molecular complexity index is 778. The lowest BCUT2D eigenvalue weighted by atomic mass is 10.1. The van der Waals surface area contributed by atoms with Gasteiger partial charge in [0.15, 0.2) is 18.1 Å². The second-order valence-corrected chi connectivity index (χ2v) is 5.95. The summed E-state index contributed by atoms with van der Waals surface area (Å²) in [6.07, 6.45) is 2.28. The van der Waals surface area contributed by atoms with Crippen LogP contribution in [0.4, 0.5) is 0 Å². The molecule has 2 aromatic rings. The van der Waals surface area contributed by atoms with E-state index in [-0.39, 0.29) is 18.3 Å². The van der Waals surface area contributed by atoms with E-state index in [0.717, 1.165) is 12.0 Å². The highest BCUT2D eigenvalue weighted by Crippen LogP contribution is 2.34. The van der Waals surface area contributed by atoms with Crippen molar-refractivity contribution in [3.8, 4) is 17.2 Å². The second kappa shape index (κ2) is 9.08. The monoisotopic (exact) mass is 406 g/mol. The van der Waals surface area contributed by atoms with E-state index in [9.17, 15) is 9.90 Å². The van der Waals surface area contributed by atoms with Gasteiger partial charge in [0.1, 0.15) is 5.75 Å². The normalized spacial score (nSPS) is 10.7. The van der Waals surface area contributed by atoms with Crippen molar-refractivity contribution in [2.45, 2.75) is 13.3 Å². The van der Waals surface area contributed by atoms with Crippen LogP contribution in [0.3, 0.4) is 0 Å². The zero-order valence-corrected chi connectivity index (χ0v) is 15.5. The van der Waals surface area contributed by atoms with E-state index in [1.165, 1.54) is 13.3 Å². The molecule has 0 aliphatic carbocycles. The van der Waals surface area contributed by atoms with Gasteiger partial charge in [-0.1, -0.05) is 25.1 Å². The van der Waals surface area contributed by atoms with Crippen LogP contribution < -0.4 is 14.9 Å². The number of aromatic hydroxyl groups is 1. The molecule has 1 amide bonds. The van der Waals surface area contributed by atoms with Crippen LogP contribution in [0.2, 0.25) is 0 Å². The molecule has 0 saturated carbocycles. The Morgan fingerprint density at radius 1 is 1.32 bits per heavy atom. The minimum Gasteiger partial charge on any atom is -0.503 e. The number of phenolic OH excluding ortho intramolecular Hbond substituents is 1. The fourth-order valence-electron chi connectivity index (χ4n) is 2.12. The lowest BCUT2D eigenvalue weighted by Gasteiger charge is -2.09. The van der Waals surface area contributed by atoms with Gasteiger partial charge in [0.2, 0.25) is 0 Å². The van der Waals surface area contributed by atoms with Crippen LogP contribution in [0.25, 0.3) is 0 Å². The number of amides is 1. The minimum absolute atomic E-state index is 0.00618. The third kappa shape index (κ3) is 5.22. The Morgan fingerprint density at radius 2 is 2.08 bits per heavy atom. The predicted octanol–water partition coefficient (Wildman–Crippen LogP) is 3.25. The summed E-state index contributed by atoms with van der Waals surface area (Å²) in [6.45, 7) is 1.90. The number of halogens is 1. The molecule has 7 heteroatoms. The largest absolute Gasteiger partial charge is 0.503 e. The highest BCUT2D eigenvalue weighted by molar-refractivity contribution is 9.10. The summed E-state index contributed by atoms with van der Waals surface area (Å²) < 4.78 is 11.0. The number of phenols is 1. The van der Waals surface area contributed by atoms with Crippen LogP contribution in [0.1, 0.15) is 18.1 Å². The highest BCUT2D eigenvalue weighted by atomic mass is 79.9. The Balaban J connectivity index is 1.91. The lowest BCUT2D eigenvalue weighted by Crippen LogP contribution is -2.24. The maximum atomic E-state index is 11.8. The average Bonchev–Trinajstić information content (AvgIpc) is 2.62. The molecule has 6 nitrogen and oxygen atoms in total. The van der Waals surface area contributed by atoms with Crippen LogP contribution in [0.15, 0.2) is 46.0 Å². The number of carbonyl (C=O) groups is 1. The zero-order chi connectivity index (χ0) is 18.2. The number of carbonyl (C=O) groups excluding carboxylic acids is 1. The van der Waals surface area contributed by atoms with E-state index in [2.05, 4.69) is 26.5 Å². The quantitative estimate of drug-likeness (QED) is 0.546. The van der Waals surface area contributed by atoms with Crippen molar-refractivity contribution in [2.24, 2.45) is 5.10 Å². The van der Waals surface area contributed by atoms with Gasteiger partial charge in [-0.3, -0.25) is 4.79 Å². The minimum atomic E-state index is -0.369. The fraction of sp³-hybridized carbons (Fsp3) is 0.222. The van der Waals surface area contributed by atoms with E-state index in [1.54, 1.807) is 12.1 Å². The van der Waals surface area contributed by atoms with Crippen molar-refractivity contribution in [3.05, 3.63) is 52.0 Å². The number of hydrogen-bond donors (Lipinski definition) is 2. The number of rotatable bonds is 7. The maximum absolute atomic E-state index is 11.8. The molecule has 0 spiro atoms. The van der Waals surface area contributed by atoms with Crippen molar-refractivity contribution in [3.63, 3.8) is 0 Å². The summed E-state index contributed by atoms with van der Waals surface area (Å²) in [5.74, 6) is 0.636. The van der Waals surface area contributed by atoms with Gasteiger partial charge in [0.25, 0.3) is 5.91 Å². The Kier molecular flexibility index (Phi) is 6.82. The molecule has 0 fully saturated rings. The van der Waals surface area contributed by atoms with Crippen molar-refractivity contribution >= 4 is 28.1 Å². The van der Waals surface area contributed by atoms with E-state index in [0.29, 0.717) is 21.5 Å². The molecule has 132 valence electrons. The van der Waals surface area contributed by atoms with Crippen LogP contribution in [-0.2, 0) is 11.2 Å². The first-order chi connectivity index (χ1) is 12.0. The molecular weight excluding hydrogens is 388 g/mol. The van der Waals surface area contributed by atoms with Gasteiger partial charge in [0, 0.05) is 0 Å². The molecular formula is C18H19BrN2O4. The van der Waals surface area contributed by atoms with Crippen molar-refractivity contribution in [2.75, 3.05) is 13.7 Å². The maximum Gasteiger partial charge on any atom is 0.277 e. The fourth-order valence-corrected chi connectivity index (χ4v) is 2.57. The molecule has 2 N–H and O–H groups in total. The molecule has 0 aromatic heterocycles. The topological polar surface area (TPSA) is 80.2 Å². The first kappa shape index (κ1) is 18.8. The Morgan fingerprint density at radius 3 is 2.80 bits per heavy atom. The van der Waals surface area contributed by atoms with E-state index in [4.69, 9.17) is 9.47 Å². The smallest absolute Gasteiger partial charge is 0.277 e. The van der Waals surface area contributed by atoms with Gasteiger partial charge < -0.3 is 14.6 Å². The summed E-state index contributed by atoms with van der Waals surface area (Å²) in [7, 11) is 1.45. The van der Waals surface area contributed by atoms with Crippen LogP contribution in [0.5, 0.6) is 17.2 Å². The molecule has 0 saturated heterocycles. The first-order valence-corrected chi connectivity index (χ1v) is 8.43. The third-order valence-electron chi connectivity index (χ3n) is 3.39. The molecule has 0 unspecified atom stereocenters. The number of ether oxygens (including phenoxy) is 2. The van der Waals surface area contributed by atoms with Gasteiger partial charge >= 0.3 is 0 Å². The standard InChI is InChI=1S/C18H19BrN2O4/c1-3-13-6-4-5-7-15(13)25-11-17(22)21-20-10-12-8-14(19)18(23)16(9-12)24-2/h4-10,23H,3,11H2,1-2H3,(H,21,22)/b20-10+. The molecule has 2 aromatic carbocycles. The first-order valence-electron chi connectivity index (χ1n) is 7.64. The van der Waals surface area contributed by atoms with Gasteiger partial charge in [-0.25, -0.2) is 5.43 Å². The Hall–Kier alpha value is -2.54. The van der Waals surface area contributed by atoms with Crippen LogP contribution in [0, 0.1) is 0 Å². The van der Waals surface area contributed by atoms with Gasteiger partial charge in [-0.2, -0.15) is 5.10 Å². The molecule has 0 radical (unpaired) electrons. The van der Waals surface area contributed by atoms with Gasteiger partial charge in [-0.05, 0) is 51.7 Å². The number of benzene rings is 2. The van der Waals surface area contributed by atoms with Crippen LogP contribution >= 0.6 is 15.9 Å². The number of methoxy groups -OCH3 is 1. The van der Waals surface area contributed by atoms with Gasteiger partial charge in [-0.15, -0.1) is 0 Å². The molecule has 0 aliphatic heterocycles. The summed E-state index contributed by atoms with van der Waals surface area (Å²) >= 11 is 3.22. The summed E-state index contributed by atoms with van der Waals surface area (Å²) in [4.78, 5) is 11.8. The number of para-hydroxylation sites is 1. The average molecular weight is 407 g/mol. The molecule has 25 heavy (non-hydrogen) atoms. The summed E-state index contributed by atoms with van der Waals surface area (Å²) in [5, 5.41) is 13.6. The second-order valence-electron chi connectivity index (χ2n) is 5.10. The zero-order valence-electron chi connectivity index (χ0n) is 14.0. The molecule has 0 aliphatic rings. The summed E-state index contributed by atoms with van der Waals surface area (Å²) in [5.41, 5.74) is 4.09. The SMILES string of the molecule is CCc1ccccc1OCC(=O)N/N=C/c1cc(Br)c(O)c(OC)c1. The van der Waals surface area contributed by atoms with Gasteiger partial charge in [0.05, 0.1) is 17.8 Å². The lowest BCUT2D eigenvalue weighted by molar-refractivity contribution is -0.123. The number of nitrogens with one attached hydrogen (secondary N) is 1. The molecule has 0 bridgehead atoms. The van der Waals surface area contributed by atoms with E-state index >= 15 is 0 Å². The van der Waals surface area contributed by atoms with Crippen molar-refractivity contribution < 1.29 is 19.4 Å². The predicted molar refractivity (Wildman–Crippen MR) is 99.4 cm³/mol. The number of nitrogens with zero attached hydrogens (tertiary/aromatic N) is 1. The van der Waals surface area contributed by atoms with Crippen LogP contribution in [-0.4, -0.2) is 30.9 Å². The number of hydrogen-bond acceptors (Lipinski definition) is 5. The number of aryl methyl sites for hydroxylation is 1. The third-order valence-corrected chi connectivity index (χ3v) is 3.99. The van der Waals surface area contributed by atoms with E-state index in [1.807, 2.05) is 31.2 Å². The Labute approximate surface area is 154 Å². The van der Waals surface area contributed by atoms with E-state index < -0.39 is 0 Å². The van der Waals surface area contributed by atoms with Crippen molar-refractivity contribution in [1.82, 2.24) is 5.43 Å². The number of hydrazone groups is 1. The summed E-state index contributed by atoms with van der Waals surface area (Å²) in [6, 6.07) is 10.8. The molecule has 0 heterocycles. The van der Waals surface area contributed by atoms with Crippen molar-refractivity contribution in [1.29, 1.82) is 0 Å².